The van der Waals surface area contributed by atoms with Crippen molar-refractivity contribution >= 4 is 0 Å². The van der Waals surface area contributed by atoms with Crippen LogP contribution in [0.15, 0.2) is 30.6 Å². The fraction of sp³-hybridized carbons (Fsp3) is 0.471. The monoisotopic (exact) mass is 254 g/mol. The zero-order valence-electron chi connectivity index (χ0n) is 12.1. The van der Waals surface area contributed by atoms with Crippen LogP contribution in [-0.4, -0.2) is 9.78 Å². The predicted octanol–water partition coefficient (Wildman–Crippen LogP) is 3.43. The molecule has 2 heteroatoms. The van der Waals surface area contributed by atoms with Gasteiger partial charge >= 0.3 is 0 Å². The van der Waals surface area contributed by atoms with Gasteiger partial charge in [-0.05, 0) is 53.4 Å². The van der Waals surface area contributed by atoms with Gasteiger partial charge in [0.1, 0.15) is 0 Å². The smallest absolute Gasteiger partial charge is 0.0521 e. The molecule has 0 aliphatic heterocycles. The number of nitrogens with zero attached hydrogens (tertiary/aromatic N) is 2. The van der Waals surface area contributed by atoms with Crippen LogP contribution < -0.4 is 0 Å². The maximum atomic E-state index is 4.23. The molecule has 0 saturated carbocycles. The van der Waals surface area contributed by atoms with Gasteiger partial charge in [-0.15, -0.1) is 0 Å². The number of hydrogen-bond donors (Lipinski definition) is 0. The molecule has 0 N–H and O–H groups in total. The van der Waals surface area contributed by atoms with Crippen molar-refractivity contribution in [3.05, 3.63) is 52.8 Å². The van der Waals surface area contributed by atoms with Crippen LogP contribution in [0, 0.1) is 0 Å². The number of fused-ring (bicyclic) bond motifs is 1. The number of aryl methyl sites for hydroxylation is 4. The summed E-state index contributed by atoms with van der Waals surface area (Å²) in [5, 5.41) is 4.23. The van der Waals surface area contributed by atoms with Crippen LogP contribution >= 0.6 is 0 Å². The van der Waals surface area contributed by atoms with Crippen LogP contribution in [-0.2, 0) is 31.7 Å². The lowest BCUT2D eigenvalue weighted by Crippen LogP contribution is -2.12. The Hall–Kier alpha value is -1.57. The van der Waals surface area contributed by atoms with Crippen molar-refractivity contribution in [2.45, 2.75) is 44.9 Å². The minimum absolute atomic E-state index is 0.361. The number of rotatable bonds is 3. The van der Waals surface area contributed by atoms with E-state index in [1.165, 1.54) is 24.0 Å². The average Bonchev–Trinajstić information content (AvgIpc) is 2.92. The Kier molecular flexibility index (Phi) is 2.96. The van der Waals surface area contributed by atoms with Gasteiger partial charge in [-0.3, -0.25) is 4.68 Å². The van der Waals surface area contributed by atoms with Crippen LogP contribution in [0.3, 0.4) is 0 Å². The zero-order valence-corrected chi connectivity index (χ0v) is 12.1. The van der Waals surface area contributed by atoms with Gasteiger partial charge in [-0.2, -0.15) is 5.10 Å². The summed E-state index contributed by atoms with van der Waals surface area (Å²) in [6.07, 6.45) is 8.79. The van der Waals surface area contributed by atoms with Crippen molar-refractivity contribution in [1.29, 1.82) is 0 Å². The third-order valence-electron chi connectivity index (χ3n) is 4.38. The predicted molar refractivity (Wildman–Crippen MR) is 78.4 cm³/mol. The first-order valence-electron chi connectivity index (χ1n) is 7.14. The van der Waals surface area contributed by atoms with Crippen molar-refractivity contribution < 1.29 is 0 Å². The number of hydrogen-bond acceptors (Lipinski definition) is 1. The Bertz CT molecular complexity index is 593. The van der Waals surface area contributed by atoms with Gasteiger partial charge in [0.2, 0.25) is 0 Å². The minimum Gasteiger partial charge on any atom is -0.276 e. The molecule has 2 nitrogen and oxygen atoms in total. The highest BCUT2D eigenvalue weighted by molar-refractivity contribution is 5.41. The quantitative estimate of drug-likeness (QED) is 0.820. The second kappa shape index (κ2) is 4.52. The van der Waals surface area contributed by atoms with Crippen LogP contribution in [0.5, 0.6) is 0 Å². The lowest BCUT2D eigenvalue weighted by molar-refractivity contribution is 0.522. The highest BCUT2D eigenvalue weighted by Gasteiger charge is 2.29. The third kappa shape index (κ3) is 2.44. The largest absolute Gasteiger partial charge is 0.276 e. The molecule has 1 aromatic carbocycles. The first-order valence-corrected chi connectivity index (χ1v) is 7.14. The van der Waals surface area contributed by atoms with E-state index in [-0.39, 0.29) is 0 Å². The minimum atomic E-state index is 0.361. The Morgan fingerprint density at radius 1 is 1.21 bits per heavy atom. The summed E-state index contributed by atoms with van der Waals surface area (Å²) in [7, 11) is 1.97. The normalized spacial score (nSPS) is 16.6. The van der Waals surface area contributed by atoms with Gasteiger partial charge in [0, 0.05) is 13.2 Å². The molecule has 0 radical (unpaired) electrons. The molecule has 0 unspecified atom stereocenters. The van der Waals surface area contributed by atoms with E-state index in [0.717, 1.165) is 12.8 Å². The molecule has 0 fully saturated rings. The van der Waals surface area contributed by atoms with Gasteiger partial charge < -0.3 is 0 Å². The lowest BCUT2D eigenvalue weighted by atomic mass is 9.85. The fourth-order valence-corrected chi connectivity index (χ4v) is 3.10. The topological polar surface area (TPSA) is 17.8 Å². The molecule has 0 atom stereocenters. The van der Waals surface area contributed by atoms with Crippen molar-refractivity contribution in [3.63, 3.8) is 0 Å². The van der Waals surface area contributed by atoms with Crippen LogP contribution in [0.4, 0.5) is 0 Å². The molecule has 1 aliphatic carbocycles. The Balaban J connectivity index is 1.76. The van der Waals surface area contributed by atoms with E-state index < -0.39 is 0 Å². The maximum absolute atomic E-state index is 4.23. The van der Waals surface area contributed by atoms with Gasteiger partial charge in [0.25, 0.3) is 0 Å². The molecule has 0 bridgehead atoms. The van der Waals surface area contributed by atoms with E-state index in [9.17, 15) is 0 Å². The Labute approximate surface area is 115 Å². The van der Waals surface area contributed by atoms with E-state index in [2.05, 4.69) is 43.3 Å². The van der Waals surface area contributed by atoms with E-state index in [4.69, 9.17) is 0 Å². The molecule has 0 saturated heterocycles. The van der Waals surface area contributed by atoms with E-state index in [1.54, 1.807) is 11.1 Å². The molecule has 0 amide bonds. The highest BCUT2D eigenvalue weighted by Crippen LogP contribution is 2.38. The standard InChI is InChI=1S/C17H22N2/c1-17(2)9-8-15-7-6-13(10-16(15)17)4-5-14-11-18-19(3)12-14/h6-7,10-12H,4-5,8-9H2,1-3H3. The van der Waals surface area contributed by atoms with Crippen LogP contribution in [0.25, 0.3) is 0 Å². The van der Waals surface area contributed by atoms with E-state index >= 15 is 0 Å². The fourth-order valence-electron chi connectivity index (χ4n) is 3.10. The van der Waals surface area contributed by atoms with E-state index in [0.29, 0.717) is 5.41 Å². The van der Waals surface area contributed by atoms with Gasteiger partial charge in [-0.25, -0.2) is 0 Å². The molecular formula is C17H22N2. The Morgan fingerprint density at radius 3 is 2.74 bits per heavy atom. The molecule has 100 valence electrons. The van der Waals surface area contributed by atoms with Crippen molar-refractivity contribution in [2.75, 3.05) is 0 Å². The van der Waals surface area contributed by atoms with Crippen molar-refractivity contribution in [1.82, 2.24) is 9.78 Å². The molecule has 1 aliphatic rings. The molecule has 2 aromatic rings. The second-order valence-corrected chi connectivity index (χ2v) is 6.40. The first-order chi connectivity index (χ1) is 9.04. The molecule has 1 aromatic heterocycles. The van der Waals surface area contributed by atoms with Gasteiger partial charge in [0.05, 0.1) is 6.20 Å². The van der Waals surface area contributed by atoms with E-state index in [1.807, 2.05) is 17.9 Å². The second-order valence-electron chi connectivity index (χ2n) is 6.40. The first kappa shape index (κ1) is 12.5. The third-order valence-corrected chi connectivity index (χ3v) is 4.38. The summed E-state index contributed by atoms with van der Waals surface area (Å²) in [4.78, 5) is 0. The summed E-state index contributed by atoms with van der Waals surface area (Å²) in [5.41, 5.74) is 6.26. The highest BCUT2D eigenvalue weighted by atomic mass is 15.2. The van der Waals surface area contributed by atoms with Crippen LogP contribution in [0.1, 0.15) is 42.5 Å². The zero-order chi connectivity index (χ0) is 13.5. The lowest BCUT2D eigenvalue weighted by Gasteiger charge is -2.19. The summed E-state index contributed by atoms with van der Waals surface area (Å²) >= 11 is 0. The summed E-state index contributed by atoms with van der Waals surface area (Å²) in [6, 6.07) is 7.07. The van der Waals surface area contributed by atoms with Gasteiger partial charge in [-0.1, -0.05) is 32.0 Å². The van der Waals surface area contributed by atoms with Gasteiger partial charge in [0.15, 0.2) is 0 Å². The summed E-state index contributed by atoms with van der Waals surface area (Å²) < 4.78 is 1.88. The molecular weight excluding hydrogens is 232 g/mol. The SMILES string of the molecule is Cn1cc(CCc2ccc3c(c2)C(C)(C)CC3)cn1. The summed E-state index contributed by atoms with van der Waals surface area (Å²) in [6.45, 7) is 4.73. The number of aromatic nitrogens is 2. The molecule has 0 spiro atoms. The van der Waals surface area contributed by atoms with Crippen molar-refractivity contribution in [2.24, 2.45) is 7.05 Å². The molecule has 19 heavy (non-hydrogen) atoms. The average molecular weight is 254 g/mol. The Morgan fingerprint density at radius 2 is 2.00 bits per heavy atom. The van der Waals surface area contributed by atoms with Crippen LogP contribution in [0.2, 0.25) is 0 Å². The maximum Gasteiger partial charge on any atom is 0.0521 e. The number of benzene rings is 1. The van der Waals surface area contributed by atoms with Crippen molar-refractivity contribution in [3.8, 4) is 0 Å². The molecule has 3 rings (SSSR count). The summed E-state index contributed by atoms with van der Waals surface area (Å²) in [5.74, 6) is 0. The molecule has 1 heterocycles.